The molecule has 0 N–H and O–H groups in total. The summed E-state index contributed by atoms with van der Waals surface area (Å²) < 4.78 is 12.3. The first kappa shape index (κ1) is 16.2. The third kappa shape index (κ3) is 2.73. The first-order valence-electron chi connectivity index (χ1n) is 9.67. The number of hydrogen-bond acceptors (Lipinski definition) is 2. The zero-order valence-corrected chi connectivity index (χ0v) is 15.7. The van der Waals surface area contributed by atoms with Crippen LogP contribution in [0, 0.1) is 6.92 Å². The Morgan fingerprint density at radius 3 is 2.56 bits per heavy atom. The number of aryl methyl sites for hydroxylation is 2. The van der Waals surface area contributed by atoms with Gasteiger partial charge < -0.3 is 8.83 Å². The predicted octanol–water partition coefficient (Wildman–Crippen LogP) is 7.65. The third-order valence-electron chi connectivity index (χ3n) is 5.34. The maximum atomic E-state index is 6.26. The Kier molecular flexibility index (Phi) is 3.78. The average Bonchev–Trinajstić information content (AvgIpc) is 3.24. The van der Waals surface area contributed by atoms with Crippen LogP contribution in [-0.2, 0) is 6.42 Å². The van der Waals surface area contributed by atoms with Crippen molar-refractivity contribution in [1.29, 1.82) is 0 Å². The van der Waals surface area contributed by atoms with Gasteiger partial charge in [0.05, 0.1) is 0 Å². The van der Waals surface area contributed by atoms with E-state index in [4.69, 9.17) is 8.83 Å². The number of hydrogen-bond donors (Lipinski definition) is 0. The Balaban J connectivity index is 1.68. The fraction of sp³-hybridized carbons (Fsp3) is 0.200. The molecule has 0 saturated heterocycles. The van der Waals surface area contributed by atoms with Gasteiger partial charge in [0.1, 0.15) is 22.5 Å². The highest BCUT2D eigenvalue weighted by Crippen LogP contribution is 2.36. The molecule has 0 aliphatic heterocycles. The van der Waals surface area contributed by atoms with Crippen molar-refractivity contribution in [1.82, 2.24) is 0 Å². The van der Waals surface area contributed by atoms with Gasteiger partial charge in [0.2, 0.25) is 0 Å². The van der Waals surface area contributed by atoms with Crippen molar-refractivity contribution in [2.45, 2.75) is 33.1 Å². The summed E-state index contributed by atoms with van der Waals surface area (Å²) in [6, 6.07) is 21.2. The number of fused-ring (bicyclic) bond motifs is 4. The Morgan fingerprint density at radius 2 is 1.67 bits per heavy atom. The minimum atomic E-state index is 0.874. The molecule has 2 heteroatoms. The van der Waals surface area contributed by atoms with Gasteiger partial charge >= 0.3 is 0 Å². The zero-order valence-electron chi connectivity index (χ0n) is 15.7. The molecule has 0 unspecified atom stereocenters. The van der Waals surface area contributed by atoms with E-state index in [-0.39, 0.29) is 0 Å². The molecule has 0 aliphatic rings. The van der Waals surface area contributed by atoms with Gasteiger partial charge in [0.15, 0.2) is 0 Å². The van der Waals surface area contributed by atoms with Crippen molar-refractivity contribution >= 4 is 32.9 Å². The van der Waals surface area contributed by atoms with Crippen LogP contribution < -0.4 is 0 Å². The van der Waals surface area contributed by atoms with Gasteiger partial charge in [0, 0.05) is 27.8 Å². The minimum Gasteiger partial charge on any atom is -0.456 e. The first-order chi connectivity index (χ1) is 13.2. The highest BCUT2D eigenvalue weighted by atomic mass is 16.3. The quantitative estimate of drug-likeness (QED) is 0.331. The predicted molar refractivity (Wildman–Crippen MR) is 112 cm³/mol. The summed E-state index contributed by atoms with van der Waals surface area (Å²) in [4.78, 5) is 0. The summed E-state index contributed by atoms with van der Waals surface area (Å²) in [6.45, 7) is 4.38. The summed E-state index contributed by atoms with van der Waals surface area (Å²) in [6.07, 6.45) is 3.46. The van der Waals surface area contributed by atoms with Crippen LogP contribution >= 0.6 is 0 Å². The van der Waals surface area contributed by atoms with E-state index in [0.29, 0.717) is 0 Å². The summed E-state index contributed by atoms with van der Waals surface area (Å²) in [5.41, 5.74) is 6.53. The van der Waals surface area contributed by atoms with E-state index >= 15 is 0 Å². The molecule has 5 rings (SSSR count). The molecule has 0 atom stereocenters. The minimum absolute atomic E-state index is 0.874. The Labute approximate surface area is 158 Å². The first-order valence-corrected chi connectivity index (χ1v) is 9.67. The van der Waals surface area contributed by atoms with Crippen LogP contribution in [0.1, 0.15) is 30.9 Å². The second-order valence-corrected chi connectivity index (χ2v) is 7.36. The average molecular weight is 354 g/mol. The molecule has 0 amide bonds. The Bertz CT molecular complexity index is 1270. The molecule has 2 heterocycles. The smallest absolute Gasteiger partial charge is 0.139 e. The summed E-state index contributed by atoms with van der Waals surface area (Å²) >= 11 is 0. The third-order valence-corrected chi connectivity index (χ3v) is 5.34. The van der Waals surface area contributed by atoms with Crippen LogP contribution in [0.3, 0.4) is 0 Å². The number of rotatable bonds is 4. The van der Waals surface area contributed by atoms with Crippen molar-refractivity contribution in [3.05, 3.63) is 71.8 Å². The molecule has 0 bridgehead atoms. The van der Waals surface area contributed by atoms with Gasteiger partial charge in [-0.15, -0.1) is 0 Å². The molecule has 2 nitrogen and oxygen atoms in total. The lowest BCUT2D eigenvalue weighted by Crippen LogP contribution is -1.90. The molecule has 0 aliphatic carbocycles. The molecular formula is C25H22O2. The van der Waals surface area contributed by atoms with Crippen molar-refractivity contribution in [2.75, 3.05) is 0 Å². The topological polar surface area (TPSA) is 26.3 Å². The molecule has 3 aromatic carbocycles. The Morgan fingerprint density at radius 1 is 0.778 bits per heavy atom. The monoisotopic (exact) mass is 354 g/mol. The van der Waals surface area contributed by atoms with Crippen LogP contribution in [0.25, 0.3) is 44.2 Å². The van der Waals surface area contributed by atoms with Crippen LogP contribution in [0.5, 0.6) is 0 Å². The van der Waals surface area contributed by atoms with Gasteiger partial charge in [-0.1, -0.05) is 55.3 Å². The van der Waals surface area contributed by atoms with Crippen LogP contribution in [0.15, 0.2) is 69.5 Å². The largest absolute Gasteiger partial charge is 0.456 e. The van der Waals surface area contributed by atoms with Crippen LogP contribution in [-0.4, -0.2) is 0 Å². The van der Waals surface area contributed by atoms with Gasteiger partial charge in [-0.2, -0.15) is 0 Å². The second-order valence-electron chi connectivity index (χ2n) is 7.36. The van der Waals surface area contributed by atoms with Gasteiger partial charge in [-0.05, 0) is 43.5 Å². The van der Waals surface area contributed by atoms with Gasteiger partial charge in [-0.3, -0.25) is 0 Å². The van der Waals surface area contributed by atoms with Crippen LogP contribution in [0.4, 0.5) is 0 Å². The summed E-state index contributed by atoms with van der Waals surface area (Å²) in [5, 5.41) is 3.41. The number of benzene rings is 3. The van der Waals surface area contributed by atoms with Crippen molar-refractivity contribution in [3.8, 4) is 11.3 Å². The lowest BCUT2D eigenvalue weighted by molar-refractivity contribution is 0.627. The lowest BCUT2D eigenvalue weighted by Gasteiger charge is -2.08. The van der Waals surface area contributed by atoms with E-state index in [9.17, 15) is 0 Å². The highest BCUT2D eigenvalue weighted by molar-refractivity contribution is 6.09. The van der Waals surface area contributed by atoms with Gasteiger partial charge in [-0.25, -0.2) is 0 Å². The van der Waals surface area contributed by atoms with Gasteiger partial charge in [0.25, 0.3) is 0 Å². The fourth-order valence-corrected chi connectivity index (χ4v) is 3.93. The summed E-state index contributed by atoms with van der Waals surface area (Å²) in [7, 11) is 0. The van der Waals surface area contributed by atoms with E-state index in [1.54, 1.807) is 0 Å². The molecule has 0 radical (unpaired) electrons. The molecule has 0 spiro atoms. The molecule has 27 heavy (non-hydrogen) atoms. The van der Waals surface area contributed by atoms with E-state index in [1.807, 2.05) is 18.2 Å². The molecule has 2 aromatic heterocycles. The lowest BCUT2D eigenvalue weighted by atomic mass is 9.98. The summed E-state index contributed by atoms with van der Waals surface area (Å²) in [5.74, 6) is 0.938. The maximum absolute atomic E-state index is 6.26. The SMILES string of the molecule is CCCCc1cc(C)ccc1-c1cc2cc3c(cc2o1)oc1ccccc13. The van der Waals surface area contributed by atoms with Crippen molar-refractivity contribution in [3.63, 3.8) is 0 Å². The van der Waals surface area contributed by atoms with Crippen molar-refractivity contribution in [2.24, 2.45) is 0 Å². The van der Waals surface area contributed by atoms with E-state index < -0.39 is 0 Å². The molecule has 5 aromatic rings. The molecule has 0 fully saturated rings. The molecule has 0 saturated carbocycles. The number of para-hydroxylation sites is 1. The Hall–Kier alpha value is -3.00. The van der Waals surface area contributed by atoms with Crippen LogP contribution in [0.2, 0.25) is 0 Å². The molecular weight excluding hydrogens is 332 g/mol. The molecule has 134 valence electrons. The standard InChI is InChI=1S/C25H22O2/c1-3-4-7-17-12-16(2)10-11-19(17)24-14-18-13-21-20-8-5-6-9-22(20)26-25(21)15-23(18)27-24/h5-6,8-15H,3-4,7H2,1-2H3. The van der Waals surface area contributed by atoms with E-state index in [0.717, 1.165) is 45.1 Å². The number of furan rings is 2. The van der Waals surface area contributed by atoms with Crippen molar-refractivity contribution < 1.29 is 8.83 Å². The second kappa shape index (κ2) is 6.31. The highest BCUT2D eigenvalue weighted by Gasteiger charge is 2.14. The van der Waals surface area contributed by atoms with E-state index in [2.05, 4.69) is 56.3 Å². The normalized spacial score (nSPS) is 11.8. The zero-order chi connectivity index (χ0) is 18.4. The maximum Gasteiger partial charge on any atom is 0.139 e. The fourth-order valence-electron chi connectivity index (χ4n) is 3.93. The number of unbranched alkanes of at least 4 members (excludes halogenated alkanes) is 1. The van der Waals surface area contributed by atoms with E-state index in [1.165, 1.54) is 29.5 Å².